The number of hydrogen-bond acceptors (Lipinski definition) is 5. The fraction of sp³-hybridized carbons (Fsp3) is 0.292. The van der Waals surface area contributed by atoms with Crippen LogP contribution in [0.4, 0.5) is 11.5 Å². The zero-order valence-electron chi connectivity index (χ0n) is 17.9. The van der Waals surface area contributed by atoms with Gasteiger partial charge in [-0.1, -0.05) is 12.1 Å². The van der Waals surface area contributed by atoms with Gasteiger partial charge in [-0.3, -0.25) is 9.69 Å². The number of amides is 1. The lowest BCUT2D eigenvalue weighted by atomic mass is 9.88. The lowest BCUT2D eigenvalue weighted by Crippen LogP contribution is -2.27. The summed E-state index contributed by atoms with van der Waals surface area (Å²) in [4.78, 5) is 43.1. The summed E-state index contributed by atoms with van der Waals surface area (Å²) >= 11 is 0. The van der Waals surface area contributed by atoms with E-state index in [4.69, 9.17) is 0 Å². The number of carbonyl (C=O) groups is 2. The van der Waals surface area contributed by atoms with Gasteiger partial charge in [0.2, 0.25) is 5.91 Å². The number of hydrogen-bond donors (Lipinski definition) is 1. The van der Waals surface area contributed by atoms with Crippen LogP contribution in [-0.4, -0.2) is 41.0 Å². The number of aromatic nitrogens is 1. The number of rotatable bonds is 4. The topological polar surface area (TPSA) is 90.8 Å². The van der Waals surface area contributed by atoms with Gasteiger partial charge >= 0.3 is 5.97 Å². The fourth-order valence-corrected chi connectivity index (χ4v) is 4.09. The van der Waals surface area contributed by atoms with Crippen LogP contribution in [0.3, 0.4) is 0 Å². The molecule has 1 aliphatic heterocycles. The molecule has 1 fully saturated rings. The van der Waals surface area contributed by atoms with E-state index in [1.807, 2.05) is 36.8 Å². The number of carboxylic acid groups (broad SMARTS) is 1. The number of aliphatic carboxylic acids is 1. The molecule has 2 aromatic rings. The lowest BCUT2D eigenvalue weighted by molar-refractivity contribution is -0.132. The van der Waals surface area contributed by atoms with Crippen molar-refractivity contribution in [2.75, 3.05) is 16.8 Å². The molecule has 1 saturated carbocycles. The summed E-state index contributed by atoms with van der Waals surface area (Å²) in [6, 6.07) is 5.87. The van der Waals surface area contributed by atoms with Gasteiger partial charge in [-0.2, -0.15) is 0 Å². The quantitative estimate of drug-likeness (QED) is 0.766. The Morgan fingerprint density at radius 1 is 1.23 bits per heavy atom. The van der Waals surface area contributed by atoms with Gasteiger partial charge in [0.05, 0.1) is 16.8 Å². The summed E-state index contributed by atoms with van der Waals surface area (Å²) in [7, 11) is 1.69. The highest BCUT2D eigenvalue weighted by Crippen LogP contribution is 2.46. The standard InChI is InChI=1S/C24H23N3O4/c1-13-9-16(10-25-23(13)26(4)15(3)29)18-7-8-19-21(12-28)20(24(30)31)11-27(17-5-6-17)22(19)14(18)2/h7-11,17H,5-6H2,1-4H3,(H,30,31). The van der Waals surface area contributed by atoms with Crippen molar-refractivity contribution < 1.29 is 19.5 Å². The van der Waals surface area contributed by atoms with Crippen molar-refractivity contribution in [2.45, 2.75) is 39.7 Å². The molecule has 0 bridgehead atoms. The van der Waals surface area contributed by atoms with Gasteiger partial charge in [0.25, 0.3) is 0 Å². The molecule has 0 saturated heterocycles. The number of benzene rings is 1. The molecule has 0 unspecified atom stereocenters. The Hall–Kier alpha value is -3.70. The van der Waals surface area contributed by atoms with E-state index < -0.39 is 5.97 Å². The zero-order chi connectivity index (χ0) is 22.4. The molecule has 158 valence electrons. The highest BCUT2D eigenvalue weighted by Gasteiger charge is 2.37. The second kappa shape index (κ2) is 7.52. The van der Waals surface area contributed by atoms with Crippen molar-refractivity contribution in [3.05, 3.63) is 52.9 Å². The SMILES string of the molecule is CC(=O)N(C)c1ncc(-c2ccc3c(c2C)N(C2CC2)C=C(C(=O)O)C3=C=O)cc1C. The smallest absolute Gasteiger partial charge is 0.338 e. The monoisotopic (exact) mass is 417 g/mol. The van der Waals surface area contributed by atoms with Crippen molar-refractivity contribution in [1.29, 1.82) is 0 Å². The number of nitrogens with zero attached hydrogens (tertiary/aromatic N) is 3. The predicted molar refractivity (Wildman–Crippen MR) is 119 cm³/mol. The first-order valence-electron chi connectivity index (χ1n) is 10.1. The fourth-order valence-electron chi connectivity index (χ4n) is 4.09. The Bertz CT molecular complexity index is 1200. The second-order valence-corrected chi connectivity index (χ2v) is 8.04. The first kappa shape index (κ1) is 20.6. The Balaban J connectivity index is 1.86. The number of aryl methyl sites for hydroxylation is 1. The van der Waals surface area contributed by atoms with Crippen LogP contribution in [-0.2, 0) is 14.4 Å². The number of fused-ring (bicyclic) bond motifs is 1. The molecular formula is C24H23N3O4. The predicted octanol–water partition coefficient (Wildman–Crippen LogP) is 3.51. The van der Waals surface area contributed by atoms with E-state index in [1.54, 1.807) is 25.5 Å². The summed E-state index contributed by atoms with van der Waals surface area (Å²) < 4.78 is 0. The highest BCUT2D eigenvalue weighted by molar-refractivity contribution is 6.16. The molecular weight excluding hydrogens is 394 g/mol. The van der Waals surface area contributed by atoms with Gasteiger partial charge in [0.1, 0.15) is 11.8 Å². The Morgan fingerprint density at radius 3 is 2.45 bits per heavy atom. The van der Waals surface area contributed by atoms with E-state index in [9.17, 15) is 19.5 Å². The second-order valence-electron chi connectivity index (χ2n) is 8.04. The van der Waals surface area contributed by atoms with E-state index in [1.165, 1.54) is 11.8 Å². The van der Waals surface area contributed by atoms with Crippen molar-refractivity contribution in [3.63, 3.8) is 0 Å². The maximum atomic E-state index is 11.7. The Morgan fingerprint density at radius 2 is 1.90 bits per heavy atom. The normalized spacial score (nSPS) is 15.2. The van der Waals surface area contributed by atoms with Crippen LogP contribution in [0.15, 0.2) is 36.2 Å². The van der Waals surface area contributed by atoms with Gasteiger partial charge in [-0.25, -0.2) is 14.6 Å². The number of carboxylic acids is 1. The van der Waals surface area contributed by atoms with E-state index >= 15 is 0 Å². The minimum absolute atomic E-state index is 0.0318. The Labute approximate surface area is 180 Å². The molecule has 0 spiro atoms. The summed E-state index contributed by atoms with van der Waals surface area (Å²) in [6.45, 7) is 5.37. The van der Waals surface area contributed by atoms with Gasteiger partial charge < -0.3 is 10.0 Å². The third-order valence-corrected chi connectivity index (χ3v) is 5.92. The molecule has 7 nitrogen and oxygen atoms in total. The molecule has 4 rings (SSSR count). The number of anilines is 2. The first-order valence-corrected chi connectivity index (χ1v) is 10.1. The van der Waals surface area contributed by atoms with Crippen LogP contribution in [0.2, 0.25) is 0 Å². The molecule has 1 amide bonds. The van der Waals surface area contributed by atoms with Crippen LogP contribution in [0.5, 0.6) is 0 Å². The van der Waals surface area contributed by atoms with Crippen LogP contribution >= 0.6 is 0 Å². The van der Waals surface area contributed by atoms with Crippen LogP contribution < -0.4 is 9.80 Å². The molecule has 0 radical (unpaired) electrons. The van der Waals surface area contributed by atoms with Crippen molar-refractivity contribution in [3.8, 4) is 11.1 Å². The van der Waals surface area contributed by atoms with E-state index in [-0.39, 0.29) is 23.1 Å². The van der Waals surface area contributed by atoms with Gasteiger partial charge in [0, 0.05) is 43.5 Å². The lowest BCUT2D eigenvalue weighted by Gasteiger charge is -2.31. The van der Waals surface area contributed by atoms with E-state index in [0.717, 1.165) is 40.8 Å². The minimum atomic E-state index is -1.14. The largest absolute Gasteiger partial charge is 0.478 e. The van der Waals surface area contributed by atoms with Gasteiger partial charge in [-0.05, 0) is 49.4 Å². The Kier molecular flexibility index (Phi) is 4.99. The third-order valence-electron chi connectivity index (χ3n) is 5.92. The molecule has 7 heteroatoms. The molecule has 2 aliphatic rings. The summed E-state index contributed by atoms with van der Waals surface area (Å²) in [5, 5.41) is 9.60. The highest BCUT2D eigenvalue weighted by atomic mass is 16.4. The molecule has 1 aromatic heterocycles. The summed E-state index contributed by atoms with van der Waals surface area (Å²) in [5.41, 5.74) is 5.09. The maximum Gasteiger partial charge on any atom is 0.338 e. The maximum absolute atomic E-state index is 11.7. The molecule has 0 atom stereocenters. The molecule has 1 aromatic carbocycles. The average Bonchev–Trinajstić information content (AvgIpc) is 3.57. The number of carbonyl (C=O) groups excluding carboxylic acids is 2. The minimum Gasteiger partial charge on any atom is -0.478 e. The van der Waals surface area contributed by atoms with Crippen molar-refractivity contribution in [1.82, 2.24) is 4.98 Å². The number of pyridine rings is 1. The van der Waals surface area contributed by atoms with Crippen LogP contribution in [0, 0.1) is 13.8 Å². The molecule has 31 heavy (non-hydrogen) atoms. The van der Waals surface area contributed by atoms with Crippen LogP contribution in [0.25, 0.3) is 16.7 Å². The molecule has 1 aliphatic carbocycles. The van der Waals surface area contributed by atoms with E-state index in [0.29, 0.717) is 11.4 Å². The average molecular weight is 417 g/mol. The first-order chi connectivity index (χ1) is 14.7. The molecule has 2 heterocycles. The van der Waals surface area contributed by atoms with Gasteiger partial charge in [-0.15, -0.1) is 0 Å². The summed E-state index contributed by atoms with van der Waals surface area (Å²) in [5.74, 6) is 1.21. The van der Waals surface area contributed by atoms with Crippen LogP contribution in [0.1, 0.15) is 36.5 Å². The zero-order valence-corrected chi connectivity index (χ0v) is 17.9. The van der Waals surface area contributed by atoms with Crippen molar-refractivity contribution >= 4 is 34.9 Å². The molecule has 1 N–H and O–H groups in total. The third kappa shape index (κ3) is 3.43. The van der Waals surface area contributed by atoms with E-state index in [2.05, 4.69) is 4.98 Å². The van der Waals surface area contributed by atoms with Crippen molar-refractivity contribution in [2.24, 2.45) is 0 Å². The van der Waals surface area contributed by atoms with Gasteiger partial charge in [0.15, 0.2) is 0 Å². The summed E-state index contributed by atoms with van der Waals surface area (Å²) in [6.07, 6.45) is 5.24.